The average Bonchev–Trinajstić information content (AvgIpc) is 3.09. The van der Waals surface area contributed by atoms with E-state index in [0.29, 0.717) is 32.1 Å². The Morgan fingerprint density at radius 2 is 2.05 bits per heavy atom. The lowest BCUT2D eigenvalue weighted by Gasteiger charge is -2.35. The van der Waals surface area contributed by atoms with Gasteiger partial charge in [-0.05, 0) is 44.9 Å². The minimum atomic E-state index is -3.09. The number of nitrogens with zero attached hydrogens (tertiary/aromatic N) is 1. The summed E-state index contributed by atoms with van der Waals surface area (Å²) < 4.78 is 24.7. The molecule has 0 amide bonds. The normalized spacial score (nSPS) is 29.1. The first-order chi connectivity index (χ1) is 8.76. The van der Waals surface area contributed by atoms with Crippen LogP contribution in [0.15, 0.2) is 0 Å². The van der Waals surface area contributed by atoms with Crippen LogP contribution in [0, 0.1) is 5.92 Å². The second-order valence-electron chi connectivity index (χ2n) is 6.49. The van der Waals surface area contributed by atoms with Crippen LogP contribution in [0.1, 0.15) is 39.0 Å². The quantitative estimate of drug-likeness (QED) is 0.749. The van der Waals surface area contributed by atoms with Gasteiger partial charge < -0.3 is 10.4 Å². The third kappa shape index (κ3) is 5.02. The Morgan fingerprint density at radius 3 is 2.63 bits per heavy atom. The van der Waals surface area contributed by atoms with Gasteiger partial charge >= 0.3 is 0 Å². The first kappa shape index (κ1) is 15.2. The van der Waals surface area contributed by atoms with Crippen LogP contribution >= 0.6 is 0 Å². The Kier molecular flexibility index (Phi) is 4.55. The molecule has 2 N–H and O–H groups in total. The molecule has 2 aliphatic rings. The highest BCUT2D eigenvalue weighted by atomic mass is 32.2. The molecule has 0 spiro atoms. The van der Waals surface area contributed by atoms with Crippen molar-refractivity contribution in [1.82, 2.24) is 9.62 Å². The summed E-state index contributed by atoms with van der Waals surface area (Å²) in [5.74, 6) is 0.263. The van der Waals surface area contributed by atoms with Gasteiger partial charge in [0.25, 0.3) is 0 Å². The number of hydrogen-bond acceptors (Lipinski definition) is 4. The molecular formula is C13H26N2O3S. The zero-order valence-corrected chi connectivity index (χ0v) is 12.7. The predicted octanol–water partition coefficient (Wildman–Crippen LogP) is 0.551. The fourth-order valence-electron chi connectivity index (χ4n) is 2.84. The highest BCUT2D eigenvalue weighted by Crippen LogP contribution is 2.27. The zero-order chi connectivity index (χ0) is 14.1. The Bertz CT molecular complexity index is 404. The Balaban J connectivity index is 1.83. The summed E-state index contributed by atoms with van der Waals surface area (Å²) in [4.78, 5) is 0. The smallest absolute Gasteiger partial charge is 0.211 e. The molecular weight excluding hydrogens is 264 g/mol. The van der Waals surface area contributed by atoms with Gasteiger partial charge in [-0.25, -0.2) is 12.7 Å². The van der Waals surface area contributed by atoms with E-state index in [4.69, 9.17) is 0 Å². The van der Waals surface area contributed by atoms with Gasteiger partial charge in [-0.15, -0.1) is 0 Å². The molecule has 1 saturated carbocycles. The number of aliphatic hydroxyl groups is 1. The molecule has 0 radical (unpaired) electrons. The maximum atomic E-state index is 11.6. The van der Waals surface area contributed by atoms with Crippen molar-refractivity contribution in [3.05, 3.63) is 0 Å². The summed E-state index contributed by atoms with van der Waals surface area (Å²) in [6, 6.07) is 0.588. The number of hydrogen-bond donors (Lipinski definition) is 2. The molecule has 19 heavy (non-hydrogen) atoms. The van der Waals surface area contributed by atoms with Crippen molar-refractivity contribution in [2.45, 2.75) is 50.7 Å². The molecule has 2 atom stereocenters. The number of piperidine rings is 1. The summed E-state index contributed by atoms with van der Waals surface area (Å²) in [5.41, 5.74) is -0.742. The van der Waals surface area contributed by atoms with Gasteiger partial charge in [0.15, 0.2) is 0 Å². The van der Waals surface area contributed by atoms with Gasteiger partial charge in [-0.1, -0.05) is 0 Å². The van der Waals surface area contributed by atoms with Crippen LogP contribution in [0.3, 0.4) is 0 Å². The van der Waals surface area contributed by atoms with Gasteiger partial charge in [-0.2, -0.15) is 0 Å². The summed E-state index contributed by atoms with van der Waals surface area (Å²) in [7, 11) is -3.09. The maximum absolute atomic E-state index is 11.6. The van der Waals surface area contributed by atoms with Crippen LogP contribution in [-0.4, -0.2) is 55.4 Å². The van der Waals surface area contributed by atoms with Crippen LogP contribution in [0.25, 0.3) is 0 Å². The van der Waals surface area contributed by atoms with Crippen molar-refractivity contribution in [3.63, 3.8) is 0 Å². The third-order valence-electron chi connectivity index (χ3n) is 4.03. The van der Waals surface area contributed by atoms with Crippen LogP contribution in [0.5, 0.6) is 0 Å². The van der Waals surface area contributed by atoms with E-state index in [1.807, 2.05) is 6.92 Å². The van der Waals surface area contributed by atoms with Crippen molar-refractivity contribution < 1.29 is 13.5 Å². The molecule has 0 aromatic rings. The third-order valence-corrected chi connectivity index (χ3v) is 5.30. The SMILES string of the molecule is CC(O)(CNC1CC1)CC1CCCN(S(C)(=O)=O)C1. The maximum Gasteiger partial charge on any atom is 0.211 e. The van der Waals surface area contributed by atoms with Gasteiger partial charge in [-0.3, -0.25) is 0 Å². The second kappa shape index (κ2) is 5.68. The molecule has 2 unspecified atom stereocenters. The average molecular weight is 290 g/mol. The van der Waals surface area contributed by atoms with E-state index in [1.165, 1.54) is 19.1 Å². The van der Waals surface area contributed by atoms with E-state index in [-0.39, 0.29) is 5.92 Å². The van der Waals surface area contributed by atoms with E-state index < -0.39 is 15.6 Å². The van der Waals surface area contributed by atoms with Crippen LogP contribution < -0.4 is 5.32 Å². The second-order valence-corrected chi connectivity index (χ2v) is 8.47. The lowest BCUT2D eigenvalue weighted by atomic mass is 9.87. The largest absolute Gasteiger partial charge is 0.389 e. The lowest BCUT2D eigenvalue weighted by molar-refractivity contribution is 0.0250. The molecule has 1 aliphatic carbocycles. The number of sulfonamides is 1. The summed E-state index contributed by atoms with van der Waals surface area (Å²) in [5, 5.41) is 13.7. The molecule has 5 nitrogen and oxygen atoms in total. The lowest BCUT2D eigenvalue weighted by Crippen LogP contribution is -2.45. The van der Waals surface area contributed by atoms with E-state index >= 15 is 0 Å². The van der Waals surface area contributed by atoms with Gasteiger partial charge in [0.05, 0.1) is 11.9 Å². The number of nitrogens with one attached hydrogen (secondary N) is 1. The van der Waals surface area contributed by atoms with E-state index in [2.05, 4.69) is 5.32 Å². The Morgan fingerprint density at radius 1 is 1.37 bits per heavy atom. The Labute approximate surface area is 116 Å². The molecule has 112 valence electrons. The topological polar surface area (TPSA) is 69.6 Å². The van der Waals surface area contributed by atoms with Crippen molar-refractivity contribution >= 4 is 10.0 Å². The molecule has 0 bridgehead atoms. The predicted molar refractivity (Wildman–Crippen MR) is 75.4 cm³/mol. The van der Waals surface area contributed by atoms with Crippen molar-refractivity contribution in [2.75, 3.05) is 25.9 Å². The van der Waals surface area contributed by atoms with Crippen LogP contribution in [-0.2, 0) is 10.0 Å². The molecule has 2 rings (SSSR count). The molecule has 2 fully saturated rings. The standard InChI is InChI=1S/C13H26N2O3S/c1-13(16,10-14-12-5-6-12)8-11-4-3-7-15(9-11)19(2,17)18/h11-12,14,16H,3-10H2,1-2H3. The highest BCUT2D eigenvalue weighted by molar-refractivity contribution is 7.88. The van der Waals surface area contributed by atoms with Gasteiger partial charge in [0, 0.05) is 25.7 Å². The molecule has 0 aromatic heterocycles. The zero-order valence-electron chi connectivity index (χ0n) is 11.9. The van der Waals surface area contributed by atoms with E-state index in [0.717, 1.165) is 12.8 Å². The molecule has 1 aliphatic heterocycles. The molecule has 0 aromatic carbocycles. The molecule has 1 saturated heterocycles. The summed E-state index contributed by atoms with van der Waals surface area (Å²) in [6.07, 6.45) is 6.25. The van der Waals surface area contributed by atoms with E-state index in [1.54, 1.807) is 4.31 Å². The molecule has 1 heterocycles. The van der Waals surface area contributed by atoms with Gasteiger partial charge in [0.2, 0.25) is 10.0 Å². The minimum absolute atomic E-state index is 0.263. The van der Waals surface area contributed by atoms with Crippen molar-refractivity contribution in [3.8, 4) is 0 Å². The Hall–Kier alpha value is -0.170. The van der Waals surface area contributed by atoms with Gasteiger partial charge in [0.1, 0.15) is 0 Å². The fraction of sp³-hybridized carbons (Fsp3) is 1.00. The minimum Gasteiger partial charge on any atom is -0.389 e. The number of rotatable bonds is 6. The van der Waals surface area contributed by atoms with E-state index in [9.17, 15) is 13.5 Å². The monoisotopic (exact) mass is 290 g/mol. The fourth-order valence-corrected chi connectivity index (χ4v) is 3.78. The first-order valence-corrected chi connectivity index (χ1v) is 9.02. The van der Waals surface area contributed by atoms with Crippen LogP contribution in [0.2, 0.25) is 0 Å². The van der Waals surface area contributed by atoms with Crippen molar-refractivity contribution in [1.29, 1.82) is 0 Å². The summed E-state index contributed by atoms with van der Waals surface area (Å²) in [6.45, 7) is 3.63. The first-order valence-electron chi connectivity index (χ1n) is 7.17. The molecule has 6 heteroatoms. The van der Waals surface area contributed by atoms with Crippen molar-refractivity contribution in [2.24, 2.45) is 5.92 Å². The summed E-state index contributed by atoms with van der Waals surface area (Å²) >= 11 is 0. The van der Waals surface area contributed by atoms with Crippen LogP contribution in [0.4, 0.5) is 0 Å². The highest BCUT2D eigenvalue weighted by Gasteiger charge is 2.32.